The van der Waals surface area contributed by atoms with Gasteiger partial charge in [-0.3, -0.25) is 0 Å². The van der Waals surface area contributed by atoms with Gasteiger partial charge in [0.25, 0.3) is 0 Å². The molecule has 3 N–H and O–H groups in total. The number of hydrogen-bond acceptors (Lipinski definition) is 2. The lowest BCUT2D eigenvalue weighted by atomic mass is 10.1. The standard InChI is InChI=1S/C12H13N3O2/c1-2-10(14-15-12(16)17)9-7-13-11-6-4-3-5-8(9)11/h3-7,13,15H,2H2,1H3,(H,16,17)/b14-10-. The van der Waals surface area contributed by atoms with Crippen molar-refractivity contribution in [3.05, 3.63) is 36.0 Å². The molecule has 0 fully saturated rings. The molecule has 0 aliphatic rings. The quantitative estimate of drug-likeness (QED) is 0.560. The number of aromatic nitrogens is 1. The molecule has 1 aromatic carbocycles. The van der Waals surface area contributed by atoms with Crippen LogP contribution in [0.2, 0.25) is 0 Å². The average molecular weight is 231 g/mol. The lowest BCUT2D eigenvalue weighted by molar-refractivity contribution is 0.195. The fourth-order valence-corrected chi connectivity index (χ4v) is 1.76. The second-order valence-electron chi connectivity index (χ2n) is 3.58. The maximum atomic E-state index is 10.4. The maximum absolute atomic E-state index is 10.4. The van der Waals surface area contributed by atoms with Crippen LogP contribution < -0.4 is 5.43 Å². The van der Waals surface area contributed by atoms with Crippen LogP contribution in [0.15, 0.2) is 35.6 Å². The number of carboxylic acid groups (broad SMARTS) is 1. The predicted octanol–water partition coefficient (Wildman–Crippen LogP) is 2.55. The topological polar surface area (TPSA) is 77.5 Å². The van der Waals surface area contributed by atoms with E-state index in [9.17, 15) is 4.79 Å². The Kier molecular flexibility index (Phi) is 3.09. The summed E-state index contributed by atoms with van der Waals surface area (Å²) in [5.74, 6) is 0. The first-order valence-corrected chi connectivity index (χ1v) is 5.34. The maximum Gasteiger partial charge on any atom is 0.425 e. The van der Waals surface area contributed by atoms with Crippen LogP contribution in [0.3, 0.4) is 0 Å². The van der Waals surface area contributed by atoms with Crippen LogP contribution in [0.1, 0.15) is 18.9 Å². The molecule has 0 saturated heterocycles. The molecule has 0 saturated carbocycles. The number of hydrazone groups is 1. The molecular weight excluding hydrogens is 218 g/mol. The fraction of sp³-hybridized carbons (Fsp3) is 0.167. The highest BCUT2D eigenvalue weighted by atomic mass is 16.4. The molecule has 0 spiro atoms. The van der Waals surface area contributed by atoms with Crippen molar-refractivity contribution >= 4 is 22.7 Å². The van der Waals surface area contributed by atoms with Gasteiger partial charge in [0, 0.05) is 22.7 Å². The number of carbonyl (C=O) groups is 1. The van der Waals surface area contributed by atoms with Crippen LogP contribution in [-0.2, 0) is 0 Å². The number of hydrogen-bond donors (Lipinski definition) is 3. The molecule has 0 radical (unpaired) electrons. The van der Waals surface area contributed by atoms with Gasteiger partial charge in [0.1, 0.15) is 0 Å². The Hall–Kier alpha value is -2.30. The Balaban J connectivity index is 2.43. The molecule has 1 aromatic heterocycles. The van der Waals surface area contributed by atoms with Crippen molar-refractivity contribution < 1.29 is 9.90 Å². The van der Waals surface area contributed by atoms with Crippen molar-refractivity contribution in [2.45, 2.75) is 13.3 Å². The second kappa shape index (κ2) is 4.69. The van der Waals surface area contributed by atoms with E-state index in [0.717, 1.165) is 16.5 Å². The van der Waals surface area contributed by atoms with Crippen molar-refractivity contribution in [1.82, 2.24) is 10.4 Å². The minimum absolute atomic E-state index is 0.655. The Bertz CT molecular complexity index is 572. The Morgan fingerprint density at radius 2 is 2.24 bits per heavy atom. The first kappa shape index (κ1) is 11.2. The zero-order valence-corrected chi connectivity index (χ0v) is 9.40. The van der Waals surface area contributed by atoms with Crippen LogP contribution in [-0.4, -0.2) is 21.9 Å². The minimum atomic E-state index is -1.16. The summed E-state index contributed by atoms with van der Waals surface area (Å²) in [5.41, 5.74) is 4.69. The molecule has 1 amide bonds. The van der Waals surface area contributed by atoms with Crippen LogP contribution in [0.4, 0.5) is 4.79 Å². The van der Waals surface area contributed by atoms with Crippen molar-refractivity contribution in [1.29, 1.82) is 0 Å². The van der Waals surface area contributed by atoms with Gasteiger partial charge >= 0.3 is 6.09 Å². The molecule has 88 valence electrons. The van der Waals surface area contributed by atoms with Crippen LogP contribution in [0.25, 0.3) is 10.9 Å². The molecule has 0 aliphatic carbocycles. The molecule has 0 unspecified atom stereocenters. The number of H-pyrrole nitrogens is 1. The molecule has 0 bridgehead atoms. The van der Waals surface area contributed by atoms with Gasteiger partial charge in [0.2, 0.25) is 0 Å². The Labute approximate surface area is 98.2 Å². The molecule has 1 heterocycles. The SMILES string of the molecule is CC/C(=N/NC(=O)O)c1c[nH]c2ccccc12. The lowest BCUT2D eigenvalue weighted by Gasteiger charge is -2.01. The third kappa shape index (κ3) is 2.28. The highest BCUT2D eigenvalue weighted by Crippen LogP contribution is 2.19. The highest BCUT2D eigenvalue weighted by Gasteiger charge is 2.08. The zero-order valence-electron chi connectivity index (χ0n) is 9.40. The first-order valence-electron chi connectivity index (χ1n) is 5.34. The zero-order chi connectivity index (χ0) is 12.3. The summed E-state index contributed by atoms with van der Waals surface area (Å²) in [5, 5.41) is 13.5. The number of nitrogens with zero attached hydrogens (tertiary/aromatic N) is 1. The number of amides is 1. The lowest BCUT2D eigenvalue weighted by Crippen LogP contribution is -2.16. The van der Waals surface area contributed by atoms with Crippen molar-refractivity contribution in [2.75, 3.05) is 0 Å². The van der Waals surface area contributed by atoms with Gasteiger partial charge in [-0.25, -0.2) is 10.2 Å². The van der Waals surface area contributed by atoms with E-state index in [2.05, 4.69) is 10.1 Å². The minimum Gasteiger partial charge on any atom is -0.464 e. The number of aromatic amines is 1. The molecule has 0 atom stereocenters. The van der Waals surface area contributed by atoms with Gasteiger partial charge in [-0.1, -0.05) is 25.1 Å². The summed E-state index contributed by atoms with van der Waals surface area (Å²) in [6, 6.07) is 7.84. The molecule has 5 heteroatoms. The van der Waals surface area contributed by atoms with Crippen molar-refractivity contribution in [3.63, 3.8) is 0 Å². The third-order valence-electron chi connectivity index (χ3n) is 2.52. The fourth-order valence-electron chi connectivity index (χ4n) is 1.76. The van der Waals surface area contributed by atoms with E-state index >= 15 is 0 Å². The number of nitrogens with one attached hydrogen (secondary N) is 2. The summed E-state index contributed by atoms with van der Waals surface area (Å²) in [6.07, 6.45) is 1.34. The van der Waals surface area contributed by atoms with E-state index < -0.39 is 6.09 Å². The van der Waals surface area contributed by atoms with E-state index in [4.69, 9.17) is 5.11 Å². The van der Waals surface area contributed by atoms with Gasteiger partial charge in [0.15, 0.2) is 0 Å². The Morgan fingerprint density at radius 3 is 2.94 bits per heavy atom. The van der Waals surface area contributed by atoms with Crippen LogP contribution in [0.5, 0.6) is 0 Å². The van der Waals surface area contributed by atoms with Gasteiger partial charge < -0.3 is 10.1 Å². The highest BCUT2D eigenvalue weighted by molar-refractivity contribution is 6.10. The number of benzene rings is 1. The summed E-state index contributed by atoms with van der Waals surface area (Å²) in [4.78, 5) is 13.6. The van der Waals surface area contributed by atoms with Crippen LogP contribution in [0, 0.1) is 0 Å². The predicted molar refractivity (Wildman–Crippen MR) is 66.3 cm³/mol. The smallest absolute Gasteiger partial charge is 0.425 e. The normalized spacial score (nSPS) is 11.7. The second-order valence-corrected chi connectivity index (χ2v) is 3.58. The van der Waals surface area contributed by atoms with Crippen molar-refractivity contribution in [3.8, 4) is 0 Å². The van der Waals surface area contributed by atoms with Gasteiger partial charge in [0.05, 0.1) is 5.71 Å². The van der Waals surface area contributed by atoms with E-state index in [-0.39, 0.29) is 0 Å². The van der Waals surface area contributed by atoms with E-state index in [1.165, 1.54) is 0 Å². The molecule has 17 heavy (non-hydrogen) atoms. The molecular formula is C12H13N3O2. The van der Waals surface area contributed by atoms with Crippen LogP contribution >= 0.6 is 0 Å². The summed E-state index contributed by atoms with van der Waals surface area (Å²) in [6.45, 7) is 1.93. The third-order valence-corrected chi connectivity index (χ3v) is 2.52. The van der Waals surface area contributed by atoms with E-state index in [0.29, 0.717) is 12.1 Å². The molecule has 2 rings (SSSR count). The van der Waals surface area contributed by atoms with Gasteiger partial charge in [-0.15, -0.1) is 0 Å². The molecule has 2 aromatic rings. The average Bonchev–Trinajstić information content (AvgIpc) is 2.74. The molecule has 0 aliphatic heterocycles. The Morgan fingerprint density at radius 1 is 1.47 bits per heavy atom. The number of fused-ring (bicyclic) bond motifs is 1. The monoisotopic (exact) mass is 231 g/mol. The summed E-state index contributed by atoms with van der Waals surface area (Å²) < 4.78 is 0. The summed E-state index contributed by atoms with van der Waals surface area (Å²) >= 11 is 0. The number of rotatable bonds is 3. The largest absolute Gasteiger partial charge is 0.464 e. The van der Waals surface area contributed by atoms with E-state index in [1.807, 2.05) is 42.8 Å². The first-order chi connectivity index (χ1) is 8.22. The number of para-hydroxylation sites is 1. The summed E-state index contributed by atoms with van der Waals surface area (Å²) in [7, 11) is 0. The van der Waals surface area contributed by atoms with E-state index in [1.54, 1.807) is 0 Å². The van der Waals surface area contributed by atoms with Gasteiger partial charge in [-0.05, 0) is 12.5 Å². The van der Waals surface area contributed by atoms with Crippen molar-refractivity contribution in [2.24, 2.45) is 5.10 Å². The van der Waals surface area contributed by atoms with Gasteiger partial charge in [-0.2, -0.15) is 5.10 Å². The molecule has 5 nitrogen and oxygen atoms in total.